The Kier molecular flexibility index (Phi) is 3.62. The van der Waals surface area contributed by atoms with Crippen molar-refractivity contribution < 1.29 is 9.90 Å². The molecule has 0 atom stereocenters. The largest absolute Gasteiger partial charge is 0.476 e. The van der Waals surface area contributed by atoms with Crippen molar-refractivity contribution in [2.24, 2.45) is 0 Å². The second kappa shape index (κ2) is 5.18. The first-order valence-corrected chi connectivity index (χ1v) is 6.50. The van der Waals surface area contributed by atoms with Gasteiger partial charge >= 0.3 is 5.97 Å². The Morgan fingerprint density at radius 2 is 2.11 bits per heavy atom. The van der Waals surface area contributed by atoms with E-state index in [1.807, 2.05) is 18.2 Å². The van der Waals surface area contributed by atoms with Crippen LogP contribution in [-0.2, 0) is 0 Å². The molecule has 4 nitrogen and oxygen atoms in total. The Hall–Kier alpha value is -1.88. The van der Waals surface area contributed by atoms with Crippen LogP contribution in [0.25, 0.3) is 0 Å². The van der Waals surface area contributed by atoms with Gasteiger partial charge in [0.25, 0.3) is 0 Å². The number of hydrogen-bond donors (Lipinski definition) is 2. The summed E-state index contributed by atoms with van der Waals surface area (Å²) in [5.74, 6) is -0.607. The van der Waals surface area contributed by atoms with Crippen LogP contribution in [0.5, 0.6) is 0 Å². The number of nitrogens with one attached hydrogen (secondary N) is 1. The first-order chi connectivity index (χ1) is 8.58. The highest BCUT2D eigenvalue weighted by Gasteiger charge is 2.11. The van der Waals surface area contributed by atoms with E-state index < -0.39 is 5.97 Å². The number of carboxylic acid groups (broad SMARTS) is 1. The van der Waals surface area contributed by atoms with E-state index in [2.05, 4.69) is 30.2 Å². The van der Waals surface area contributed by atoms with Crippen molar-refractivity contribution in [1.29, 1.82) is 0 Å². The molecule has 0 unspecified atom stereocenters. The van der Waals surface area contributed by atoms with Gasteiger partial charge in [0.05, 0.1) is 0 Å². The topological polar surface area (TPSA) is 62.2 Å². The Balaban J connectivity index is 2.25. The number of anilines is 2. The van der Waals surface area contributed by atoms with Gasteiger partial charge in [0.15, 0.2) is 10.8 Å². The van der Waals surface area contributed by atoms with Crippen molar-refractivity contribution in [3.8, 4) is 0 Å². The number of para-hydroxylation sites is 1. The summed E-state index contributed by atoms with van der Waals surface area (Å²) in [5, 5.41) is 14.1. The smallest absolute Gasteiger partial charge is 0.355 e. The fraction of sp³-hybridized carbons (Fsp3) is 0.231. The number of rotatable bonds is 4. The van der Waals surface area contributed by atoms with E-state index >= 15 is 0 Å². The van der Waals surface area contributed by atoms with Crippen molar-refractivity contribution in [1.82, 2.24) is 4.98 Å². The second-order valence-corrected chi connectivity index (χ2v) is 5.07. The average Bonchev–Trinajstić information content (AvgIpc) is 2.78. The molecule has 94 valence electrons. The highest BCUT2D eigenvalue weighted by Crippen LogP contribution is 2.28. The molecule has 0 saturated carbocycles. The molecule has 0 aliphatic rings. The van der Waals surface area contributed by atoms with Crippen molar-refractivity contribution in [3.63, 3.8) is 0 Å². The number of nitrogens with zero attached hydrogens (tertiary/aromatic N) is 1. The van der Waals surface area contributed by atoms with Gasteiger partial charge in [-0.05, 0) is 17.5 Å². The molecule has 18 heavy (non-hydrogen) atoms. The van der Waals surface area contributed by atoms with E-state index in [1.165, 1.54) is 22.3 Å². The van der Waals surface area contributed by atoms with E-state index in [0.717, 1.165) is 5.69 Å². The number of aromatic nitrogens is 1. The van der Waals surface area contributed by atoms with Crippen molar-refractivity contribution in [2.45, 2.75) is 19.8 Å². The molecular weight excluding hydrogens is 248 g/mol. The third kappa shape index (κ3) is 2.68. The molecule has 5 heteroatoms. The minimum atomic E-state index is -1.00. The lowest BCUT2D eigenvalue weighted by molar-refractivity contribution is 0.0691. The van der Waals surface area contributed by atoms with Crippen LogP contribution in [0, 0.1) is 0 Å². The zero-order valence-electron chi connectivity index (χ0n) is 10.2. The van der Waals surface area contributed by atoms with E-state index in [0.29, 0.717) is 11.0 Å². The summed E-state index contributed by atoms with van der Waals surface area (Å²) in [6, 6.07) is 7.96. The molecule has 0 spiro atoms. The molecular formula is C13H14N2O2S. The standard InChI is InChI=1S/C13H14N2O2S/c1-8(2)9-5-3-4-6-10(9)14-13-15-11(7-18-13)12(16)17/h3-8H,1-2H3,(H,14,15)(H,16,17). The summed E-state index contributed by atoms with van der Waals surface area (Å²) < 4.78 is 0. The molecule has 0 aliphatic heterocycles. The summed E-state index contributed by atoms with van der Waals surface area (Å²) in [7, 11) is 0. The lowest BCUT2D eigenvalue weighted by Crippen LogP contribution is -1.99. The predicted molar refractivity (Wildman–Crippen MR) is 72.9 cm³/mol. The summed E-state index contributed by atoms with van der Waals surface area (Å²) in [6.07, 6.45) is 0. The Labute approximate surface area is 109 Å². The first-order valence-electron chi connectivity index (χ1n) is 5.62. The molecule has 0 saturated heterocycles. The molecule has 0 radical (unpaired) electrons. The quantitative estimate of drug-likeness (QED) is 0.881. The van der Waals surface area contributed by atoms with Crippen molar-refractivity contribution in [3.05, 3.63) is 40.9 Å². The number of carboxylic acids is 1. The van der Waals surface area contributed by atoms with E-state index in [9.17, 15) is 4.79 Å². The molecule has 0 bridgehead atoms. The number of hydrogen-bond acceptors (Lipinski definition) is 4. The Bertz CT molecular complexity index is 564. The van der Waals surface area contributed by atoms with Gasteiger partial charge in [-0.15, -0.1) is 11.3 Å². The lowest BCUT2D eigenvalue weighted by atomic mass is 10.0. The fourth-order valence-corrected chi connectivity index (χ4v) is 2.36. The van der Waals surface area contributed by atoms with Crippen LogP contribution in [0.3, 0.4) is 0 Å². The molecule has 2 rings (SSSR count). The molecule has 0 aliphatic carbocycles. The van der Waals surface area contributed by atoms with Crippen LogP contribution in [0.2, 0.25) is 0 Å². The predicted octanol–water partition coefficient (Wildman–Crippen LogP) is 3.71. The molecule has 0 fully saturated rings. The van der Waals surface area contributed by atoms with E-state index in [4.69, 9.17) is 5.11 Å². The third-order valence-electron chi connectivity index (χ3n) is 2.55. The van der Waals surface area contributed by atoms with Crippen LogP contribution >= 0.6 is 11.3 Å². The van der Waals surface area contributed by atoms with Gasteiger partial charge in [0.1, 0.15) is 0 Å². The van der Waals surface area contributed by atoms with Gasteiger partial charge in [-0.2, -0.15) is 0 Å². The molecule has 0 amide bonds. The maximum absolute atomic E-state index is 10.8. The molecule has 1 aromatic heterocycles. The van der Waals surface area contributed by atoms with Crippen LogP contribution in [0.1, 0.15) is 35.8 Å². The average molecular weight is 262 g/mol. The van der Waals surface area contributed by atoms with Gasteiger partial charge < -0.3 is 10.4 Å². The van der Waals surface area contributed by atoms with Crippen LogP contribution < -0.4 is 5.32 Å². The van der Waals surface area contributed by atoms with Gasteiger partial charge in [-0.3, -0.25) is 0 Å². The minimum absolute atomic E-state index is 0.0736. The number of benzene rings is 1. The number of thiazole rings is 1. The second-order valence-electron chi connectivity index (χ2n) is 4.21. The van der Waals surface area contributed by atoms with E-state index in [1.54, 1.807) is 0 Å². The van der Waals surface area contributed by atoms with Gasteiger partial charge in [0, 0.05) is 11.1 Å². The fourth-order valence-electron chi connectivity index (χ4n) is 1.66. The highest BCUT2D eigenvalue weighted by atomic mass is 32.1. The first kappa shape index (κ1) is 12.6. The summed E-state index contributed by atoms with van der Waals surface area (Å²) >= 11 is 1.29. The van der Waals surface area contributed by atoms with Crippen molar-refractivity contribution >= 4 is 28.1 Å². The van der Waals surface area contributed by atoms with Crippen molar-refractivity contribution in [2.75, 3.05) is 5.32 Å². The molecule has 2 aromatic rings. The monoisotopic (exact) mass is 262 g/mol. The number of carbonyl (C=O) groups is 1. The van der Waals surface area contributed by atoms with Crippen LogP contribution in [0.4, 0.5) is 10.8 Å². The SMILES string of the molecule is CC(C)c1ccccc1Nc1nc(C(=O)O)cs1. The van der Waals surface area contributed by atoms with Gasteiger partial charge in [-0.1, -0.05) is 32.0 Å². The van der Waals surface area contributed by atoms with Gasteiger partial charge in [-0.25, -0.2) is 9.78 Å². The maximum Gasteiger partial charge on any atom is 0.355 e. The number of aromatic carboxylic acids is 1. The lowest BCUT2D eigenvalue weighted by Gasteiger charge is -2.12. The van der Waals surface area contributed by atoms with E-state index in [-0.39, 0.29) is 5.69 Å². The summed E-state index contributed by atoms with van der Waals surface area (Å²) in [4.78, 5) is 14.8. The van der Waals surface area contributed by atoms with Gasteiger partial charge in [0.2, 0.25) is 0 Å². The molecule has 1 aromatic carbocycles. The summed E-state index contributed by atoms with van der Waals surface area (Å²) in [6.45, 7) is 4.23. The van der Waals surface area contributed by atoms with Crippen LogP contribution in [-0.4, -0.2) is 16.1 Å². The van der Waals surface area contributed by atoms with Crippen LogP contribution in [0.15, 0.2) is 29.6 Å². The summed E-state index contributed by atoms with van der Waals surface area (Å²) in [5.41, 5.74) is 2.23. The normalized spacial score (nSPS) is 10.6. The zero-order chi connectivity index (χ0) is 13.1. The Morgan fingerprint density at radius 3 is 2.72 bits per heavy atom. The minimum Gasteiger partial charge on any atom is -0.476 e. The third-order valence-corrected chi connectivity index (χ3v) is 3.31. The molecule has 2 N–H and O–H groups in total. The Morgan fingerprint density at radius 1 is 1.39 bits per heavy atom. The maximum atomic E-state index is 10.8. The zero-order valence-corrected chi connectivity index (χ0v) is 11.0. The highest BCUT2D eigenvalue weighted by molar-refractivity contribution is 7.14. The molecule has 1 heterocycles.